The van der Waals surface area contributed by atoms with Gasteiger partial charge < -0.3 is 5.11 Å². The van der Waals surface area contributed by atoms with E-state index in [-0.39, 0.29) is 11.5 Å². The molecule has 2 aromatic heterocycles. The van der Waals surface area contributed by atoms with Crippen molar-refractivity contribution in [3.05, 3.63) is 60.2 Å². The van der Waals surface area contributed by atoms with Crippen molar-refractivity contribution < 1.29 is 5.11 Å². The Bertz CT molecular complexity index is 509. The Morgan fingerprint density at radius 2 is 1.89 bits per heavy atom. The van der Waals surface area contributed by atoms with Crippen LogP contribution < -0.4 is 0 Å². The lowest BCUT2D eigenvalue weighted by atomic mass is 9.87. The third kappa shape index (κ3) is 2.02. The Balaban J connectivity index is 1.79. The number of aliphatic hydroxyl groups is 1. The van der Waals surface area contributed by atoms with Gasteiger partial charge >= 0.3 is 0 Å². The maximum absolute atomic E-state index is 10.5. The molecule has 0 aromatic carbocycles. The van der Waals surface area contributed by atoms with Gasteiger partial charge in [0.2, 0.25) is 0 Å². The number of aromatic nitrogens is 2. The monoisotopic (exact) mass is 240 g/mol. The molecule has 92 valence electrons. The number of aliphatic hydroxyl groups excluding tert-OH is 1. The van der Waals surface area contributed by atoms with Crippen LogP contribution in [0.15, 0.2) is 49.1 Å². The standard InChI is InChI=1S/C15H16N2O/c18-14(10-12-2-1-7-17-11-12)15(5-6-15)13-3-8-16-9-4-13/h1-4,7-9,11,14,18H,5-6,10H2. The zero-order valence-electron chi connectivity index (χ0n) is 10.2. The maximum atomic E-state index is 10.5. The molecule has 0 aliphatic heterocycles. The van der Waals surface area contributed by atoms with E-state index < -0.39 is 0 Å². The van der Waals surface area contributed by atoms with E-state index in [1.807, 2.05) is 30.5 Å². The van der Waals surface area contributed by atoms with Crippen LogP contribution in [0.25, 0.3) is 0 Å². The Kier molecular flexibility index (Phi) is 2.84. The molecule has 1 fully saturated rings. The van der Waals surface area contributed by atoms with Crippen molar-refractivity contribution in [2.24, 2.45) is 0 Å². The number of hydrogen-bond donors (Lipinski definition) is 1. The summed E-state index contributed by atoms with van der Waals surface area (Å²) in [6.45, 7) is 0. The summed E-state index contributed by atoms with van der Waals surface area (Å²) in [5.41, 5.74) is 2.23. The number of pyridine rings is 2. The predicted octanol–water partition coefficient (Wildman–Crippen LogP) is 2.11. The van der Waals surface area contributed by atoms with Crippen LogP contribution in [-0.4, -0.2) is 21.2 Å². The van der Waals surface area contributed by atoms with Crippen molar-refractivity contribution >= 4 is 0 Å². The van der Waals surface area contributed by atoms with Crippen LogP contribution >= 0.6 is 0 Å². The van der Waals surface area contributed by atoms with Crippen LogP contribution in [0.2, 0.25) is 0 Å². The lowest BCUT2D eigenvalue weighted by Gasteiger charge is -2.22. The van der Waals surface area contributed by atoms with Crippen LogP contribution in [0.3, 0.4) is 0 Å². The zero-order valence-corrected chi connectivity index (χ0v) is 10.2. The fraction of sp³-hybridized carbons (Fsp3) is 0.333. The SMILES string of the molecule is OC(Cc1cccnc1)C1(c2ccncc2)CC1. The second-order valence-corrected chi connectivity index (χ2v) is 4.97. The molecule has 3 nitrogen and oxygen atoms in total. The molecule has 1 atom stereocenters. The van der Waals surface area contributed by atoms with Gasteiger partial charge in [0.25, 0.3) is 0 Å². The van der Waals surface area contributed by atoms with E-state index in [4.69, 9.17) is 0 Å². The first-order valence-electron chi connectivity index (χ1n) is 6.29. The molecular weight excluding hydrogens is 224 g/mol. The summed E-state index contributed by atoms with van der Waals surface area (Å²) in [7, 11) is 0. The first kappa shape index (κ1) is 11.4. The van der Waals surface area contributed by atoms with Crippen LogP contribution in [0.1, 0.15) is 24.0 Å². The van der Waals surface area contributed by atoms with Crippen molar-refractivity contribution in [2.75, 3.05) is 0 Å². The molecular formula is C15H16N2O. The minimum Gasteiger partial charge on any atom is -0.392 e. The van der Waals surface area contributed by atoms with Gasteiger partial charge in [-0.1, -0.05) is 6.07 Å². The molecule has 1 unspecified atom stereocenters. The number of hydrogen-bond acceptors (Lipinski definition) is 3. The highest BCUT2D eigenvalue weighted by Gasteiger charge is 2.49. The van der Waals surface area contributed by atoms with Gasteiger partial charge in [-0.2, -0.15) is 0 Å². The van der Waals surface area contributed by atoms with Crippen LogP contribution in [0, 0.1) is 0 Å². The number of rotatable bonds is 4. The van der Waals surface area contributed by atoms with Crippen LogP contribution in [-0.2, 0) is 11.8 Å². The maximum Gasteiger partial charge on any atom is 0.0677 e. The Hall–Kier alpha value is -1.74. The fourth-order valence-corrected chi connectivity index (χ4v) is 2.57. The molecule has 0 radical (unpaired) electrons. The quantitative estimate of drug-likeness (QED) is 0.890. The van der Waals surface area contributed by atoms with Gasteiger partial charge in [-0.15, -0.1) is 0 Å². The van der Waals surface area contributed by atoms with Gasteiger partial charge in [0.05, 0.1) is 6.10 Å². The van der Waals surface area contributed by atoms with E-state index in [1.165, 1.54) is 5.56 Å². The van der Waals surface area contributed by atoms with E-state index in [2.05, 4.69) is 9.97 Å². The van der Waals surface area contributed by atoms with Crippen molar-refractivity contribution in [2.45, 2.75) is 30.8 Å². The van der Waals surface area contributed by atoms with E-state index in [0.717, 1.165) is 18.4 Å². The summed E-state index contributed by atoms with van der Waals surface area (Å²) in [6, 6.07) is 7.95. The van der Waals surface area contributed by atoms with Gasteiger partial charge in [0.15, 0.2) is 0 Å². The molecule has 2 aromatic rings. The minimum atomic E-state index is -0.343. The molecule has 0 bridgehead atoms. The summed E-state index contributed by atoms with van der Waals surface area (Å²) >= 11 is 0. The summed E-state index contributed by atoms with van der Waals surface area (Å²) in [5, 5.41) is 10.5. The van der Waals surface area contributed by atoms with Crippen molar-refractivity contribution in [1.82, 2.24) is 9.97 Å². The summed E-state index contributed by atoms with van der Waals surface area (Å²) in [6.07, 6.45) is 9.60. The van der Waals surface area contributed by atoms with Gasteiger partial charge in [-0.3, -0.25) is 9.97 Å². The second-order valence-electron chi connectivity index (χ2n) is 4.97. The highest BCUT2D eigenvalue weighted by Crippen LogP contribution is 2.51. The smallest absolute Gasteiger partial charge is 0.0677 e. The zero-order chi connectivity index (χ0) is 12.4. The highest BCUT2D eigenvalue weighted by atomic mass is 16.3. The Labute approximate surface area is 107 Å². The van der Waals surface area contributed by atoms with Gasteiger partial charge in [0, 0.05) is 36.6 Å². The summed E-state index contributed by atoms with van der Waals surface area (Å²) in [4.78, 5) is 8.13. The lowest BCUT2D eigenvalue weighted by molar-refractivity contribution is 0.131. The molecule has 3 heteroatoms. The normalized spacial score (nSPS) is 18.3. The summed E-state index contributed by atoms with van der Waals surface area (Å²) in [5.74, 6) is 0. The van der Waals surface area contributed by atoms with E-state index in [9.17, 15) is 5.11 Å². The molecule has 2 heterocycles. The Morgan fingerprint density at radius 3 is 2.50 bits per heavy atom. The third-order valence-corrected chi connectivity index (χ3v) is 3.83. The number of nitrogens with zero attached hydrogens (tertiary/aromatic N) is 2. The molecule has 1 aliphatic rings. The molecule has 1 aliphatic carbocycles. The van der Waals surface area contributed by atoms with Crippen molar-refractivity contribution in [1.29, 1.82) is 0 Å². The van der Waals surface area contributed by atoms with E-state index >= 15 is 0 Å². The van der Waals surface area contributed by atoms with Crippen LogP contribution in [0.5, 0.6) is 0 Å². The Morgan fingerprint density at radius 1 is 1.11 bits per heavy atom. The molecule has 3 rings (SSSR count). The molecule has 1 N–H and O–H groups in total. The molecule has 0 amide bonds. The van der Waals surface area contributed by atoms with E-state index in [0.29, 0.717) is 6.42 Å². The van der Waals surface area contributed by atoms with Crippen molar-refractivity contribution in [3.8, 4) is 0 Å². The largest absolute Gasteiger partial charge is 0.392 e. The van der Waals surface area contributed by atoms with Gasteiger partial charge in [-0.25, -0.2) is 0 Å². The first-order valence-corrected chi connectivity index (χ1v) is 6.29. The molecule has 18 heavy (non-hydrogen) atoms. The van der Waals surface area contributed by atoms with Crippen molar-refractivity contribution in [3.63, 3.8) is 0 Å². The van der Waals surface area contributed by atoms with Crippen LogP contribution in [0.4, 0.5) is 0 Å². The first-order chi connectivity index (χ1) is 8.81. The average Bonchev–Trinajstić information content (AvgIpc) is 3.22. The lowest BCUT2D eigenvalue weighted by Crippen LogP contribution is -2.28. The predicted molar refractivity (Wildman–Crippen MR) is 69.1 cm³/mol. The molecule has 1 saturated carbocycles. The van der Waals surface area contributed by atoms with E-state index in [1.54, 1.807) is 18.6 Å². The highest BCUT2D eigenvalue weighted by molar-refractivity contribution is 5.32. The summed E-state index contributed by atoms with van der Waals surface area (Å²) < 4.78 is 0. The fourth-order valence-electron chi connectivity index (χ4n) is 2.57. The second kappa shape index (κ2) is 4.50. The molecule has 0 saturated heterocycles. The van der Waals surface area contributed by atoms with Gasteiger partial charge in [-0.05, 0) is 42.2 Å². The third-order valence-electron chi connectivity index (χ3n) is 3.83. The van der Waals surface area contributed by atoms with Gasteiger partial charge in [0.1, 0.15) is 0 Å². The molecule has 0 spiro atoms. The average molecular weight is 240 g/mol. The topological polar surface area (TPSA) is 46.0 Å². The minimum absolute atomic E-state index is 0.0568.